The van der Waals surface area contributed by atoms with Gasteiger partial charge >= 0.3 is 0 Å². The van der Waals surface area contributed by atoms with Gasteiger partial charge in [-0.05, 0) is 13.0 Å². The predicted molar refractivity (Wildman–Crippen MR) is 65.4 cm³/mol. The van der Waals surface area contributed by atoms with Crippen molar-refractivity contribution in [2.45, 2.75) is 17.9 Å². The average molecular weight is 259 g/mol. The number of nitrogens with one attached hydrogen (secondary N) is 2. The van der Waals surface area contributed by atoms with Gasteiger partial charge in [0.2, 0.25) is 10.0 Å². The normalized spacial score (nSPS) is 13.4. The van der Waals surface area contributed by atoms with Crippen LogP contribution in [-0.2, 0) is 14.8 Å². The van der Waals surface area contributed by atoms with E-state index in [1.54, 1.807) is 14.0 Å². The summed E-state index contributed by atoms with van der Waals surface area (Å²) in [7, 11) is -0.320. The lowest BCUT2D eigenvalue weighted by molar-refractivity contribution is 0.180. The third kappa shape index (κ3) is 3.95. The smallest absolute Gasteiger partial charge is 0.241 e. The number of aromatic nitrogens is 1. The van der Waals surface area contributed by atoms with E-state index in [9.17, 15) is 8.42 Å². The zero-order chi connectivity index (χ0) is 12.9. The first kappa shape index (κ1) is 13.9. The Morgan fingerprint density at radius 2 is 2.24 bits per heavy atom. The van der Waals surface area contributed by atoms with E-state index in [2.05, 4.69) is 15.0 Å². The van der Waals surface area contributed by atoms with Crippen LogP contribution in [0.25, 0.3) is 0 Å². The van der Waals surface area contributed by atoms with E-state index in [0.717, 1.165) is 0 Å². The minimum atomic E-state index is -3.52. The largest absolute Gasteiger partial charge is 0.383 e. The van der Waals surface area contributed by atoms with Gasteiger partial charge in [-0.25, -0.2) is 18.1 Å². The van der Waals surface area contributed by atoms with Crippen LogP contribution in [0.2, 0.25) is 0 Å². The summed E-state index contributed by atoms with van der Waals surface area (Å²) >= 11 is 0. The van der Waals surface area contributed by atoms with E-state index >= 15 is 0 Å². The summed E-state index contributed by atoms with van der Waals surface area (Å²) in [5.74, 6) is 0.507. The first-order chi connectivity index (χ1) is 7.99. The molecule has 0 bridgehead atoms. The molecule has 0 saturated heterocycles. The number of pyridine rings is 1. The van der Waals surface area contributed by atoms with Crippen LogP contribution in [0.15, 0.2) is 23.2 Å². The Morgan fingerprint density at radius 1 is 1.53 bits per heavy atom. The number of sulfonamides is 1. The lowest BCUT2D eigenvalue weighted by atomic mass is 10.4. The lowest BCUT2D eigenvalue weighted by Gasteiger charge is -2.13. The fourth-order valence-corrected chi connectivity index (χ4v) is 2.57. The topological polar surface area (TPSA) is 80.3 Å². The second kappa shape index (κ2) is 5.95. The van der Waals surface area contributed by atoms with Crippen molar-refractivity contribution in [2.24, 2.45) is 0 Å². The standard InChI is InChI=1S/C10H17N3O3S/c1-8(7-16-3)13-17(14,15)9-4-5-12-10(6-9)11-2/h4-6,8,13H,7H2,1-3H3,(H,11,12). The quantitative estimate of drug-likeness (QED) is 0.774. The zero-order valence-corrected chi connectivity index (χ0v) is 10.9. The molecule has 0 amide bonds. The molecular weight excluding hydrogens is 242 g/mol. The number of anilines is 1. The molecule has 0 aliphatic heterocycles. The van der Waals surface area contributed by atoms with Crippen molar-refractivity contribution < 1.29 is 13.2 Å². The predicted octanol–water partition coefficient (Wildman–Crippen LogP) is 0.436. The molecule has 0 aromatic carbocycles. The van der Waals surface area contributed by atoms with Crippen LogP contribution in [0.1, 0.15) is 6.92 Å². The number of rotatable bonds is 6. The summed E-state index contributed by atoms with van der Waals surface area (Å²) in [4.78, 5) is 4.14. The molecule has 0 saturated carbocycles. The van der Waals surface area contributed by atoms with Gasteiger partial charge in [0.25, 0.3) is 0 Å². The van der Waals surface area contributed by atoms with Crippen molar-refractivity contribution in [2.75, 3.05) is 26.1 Å². The molecule has 17 heavy (non-hydrogen) atoms. The first-order valence-corrected chi connectivity index (χ1v) is 6.63. The van der Waals surface area contributed by atoms with Gasteiger partial charge in [0.15, 0.2) is 0 Å². The van der Waals surface area contributed by atoms with Crippen LogP contribution >= 0.6 is 0 Å². The molecule has 2 N–H and O–H groups in total. The second-order valence-electron chi connectivity index (χ2n) is 3.60. The molecule has 0 aliphatic rings. The van der Waals surface area contributed by atoms with E-state index in [-0.39, 0.29) is 10.9 Å². The molecule has 0 aliphatic carbocycles. The van der Waals surface area contributed by atoms with Crippen molar-refractivity contribution in [3.63, 3.8) is 0 Å². The molecule has 1 heterocycles. The maximum Gasteiger partial charge on any atom is 0.241 e. The maximum absolute atomic E-state index is 12.0. The number of ether oxygens (including phenoxy) is 1. The second-order valence-corrected chi connectivity index (χ2v) is 5.32. The van der Waals surface area contributed by atoms with Gasteiger partial charge < -0.3 is 10.1 Å². The SMILES string of the molecule is CNc1cc(S(=O)(=O)NC(C)COC)ccn1. The van der Waals surface area contributed by atoms with Crippen LogP contribution in [0.3, 0.4) is 0 Å². The summed E-state index contributed by atoms with van der Waals surface area (Å²) < 4.78 is 31.3. The van der Waals surface area contributed by atoms with Crippen LogP contribution in [0.5, 0.6) is 0 Å². The Bertz CT molecular complexity index is 462. The summed E-state index contributed by atoms with van der Waals surface area (Å²) in [6, 6.07) is 2.64. The third-order valence-corrected chi connectivity index (χ3v) is 3.66. The molecule has 1 rings (SSSR count). The van der Waals surface area contributed by atoms with Crippen molar-refractivity contribution in [1.29, 1.82) is 0 Å². The maximum atomic E-state index is 12.0. The highest BCUT2D eigenvalue weighted by Crippen LogP contribution is 2.12. The van der Waals surface area contributed by atoms with Crippen LogP contribution in [-0.4, -0.2) is 40.2 Å². The number of hydrogen-bond acceptors (Lipinski definition) is 5. The van der Waals surface area contributed by atoms with Gasteiger partial charge in [0, 0.05) is 32.5 Å². The molecule has 96 valence electrons. The highest BCUT2D eigenvalue weighted by atomic mass is 32.2. The van der Waals surface area contributed by atoms with E-state index in [1.165, 1.54) is 25.4 Å². The summed E-state index contributed by atoms with van der Waals surface area (Å²) in [6.07, 6.45) is 1.45. The van der Waals surface area contributed by atoms with E-state index in [1.807, 2.05) is 0 Å². The number of nitrogens with zero attached hydrogens (tertiary/aromatic N) is 1. The molecule has 0 spiro atoms. The van der Waals surface area contributed by atoms with Crippen molar-refractivity contribution in [3.8, 4) is 0 Å². The van der Waals surface area contributed by atoms with Gasteiger partial charge in [0.1, 0.15) is 5.82 Å². The Balaban J connectivity index is 2.89. The summed E-state index contributed by atoms with van der Waals surface area (Å²) in [5.41, 5.74) is 0. The molecule has 0 radical (unpaired) electrons. The van der Waals surface area contributed by atoms with Crippen molar-refractivity contribution in [3.05, 3.63) is 18.3 Å². The van der Waals surface area contributed by atoms with Gasteiger partial charge in [-0.2, -0.15) is 0 Å². The number of methoxy groups -OCH3 is 1. The molecule has 1 atom stereocenters. The van der Waals surface area contributed by atoms with E-state index < -0.39 is 10.0 Å². The Hall–Kier alpha value is -1.18. The zero-order valence-electron chi connectivity index (χ0n) is 10.1. The molecular formula is C10H17N3O3S. The molecule has 7 heteroatoms. The first-order valence-electron chi connectivity index (χ1n) is 5.14. The van der Waals surface area contributed by atoms with Gasteiger partial charge in [-0.1, -0.05) is 0 Å². The van der Waals surface area contributed by atoms with Crippen LogP contribution in [0, 0.1) is 0 Å². The molecule has 1 aromatic rings. The van der Waals surface area contributed by atoms with Crippen LogP contribution < -0.4 is 10.0 Å². The van der Waals surface area contributed by atoms with Crippen LogP contribution in [0.4, 0.5) is 5.82 Å². The average Bonchev–Trinajstić information content (AvgIpc) is 2.28. The Labute approximate surface area is 101 Å². The monoisotopic (exact) mass is 259 g/mol. The van der Waals surface area contributed by atoms with Gasteiger partial charge in [0.05, 0.1) is 11.5 Å². The molecule has 6 nitrogen and oxygen atoms in total. The van der Waals surface area contributed by atoms with Crippen molar-refractivity contribution >= 4 is 15.8 Å². The Morgan fingerprint density at radius 3 is 2.82 bits per heavy atom. The minimum absolute atomic E-state index is 0.180. The van der Waals surface area contributed by atoms with Crippen molar-refractivity contribution in [1.82, 2.24) is 9.71 Å². The molecule has 1 unspecified atom stereocenters. The van der Waals surface area contributed by atoms with Gasteiger partial charge in [-0.15, -0.1) is 0 Å². The highest BCUT2D eigenvalue weighted by molar-refractivity contribution is 7.89. The highest BCUT2D eigenvalue weighted by Gasteiger charge is 2.17. The Kier molecular flexibility index (Phi) is 4.86. The fourth-order valence-electron chi connectivity index (χ4n) is 1.33. The summed E-state index contributed by atoms with van der Waals surface area (Å²) in [6.45, 7) is 2.06. The third-order valence-electron chi connectivity index (χ3n) is 2.07. The summed E-state index contributed by atoms with van der Waals surface area (Å²) in [5, 5.41) is 2.79. The molecule has 0 fully saturated rings. The fraction of sp³-hybridized carbons (Fsp3) is 0.500. The van der Waals surface area contributed by atoms with E-state index in [0.29, 0.717) is 12.4 Å². The van der Waals surface area contributed by atoms with Gasteiger partial charge in [-0.3, -0.25) is 0 Å². The number of hydrogen-bond donors (Lipinski definition) is 2. The lowest BCUT2D eigenvalue weighted by Crippen LogP contribution is -2.35. The van der Waals surface area contributed by atoms with E-state index in [4.69, 9.17) is 4.74 Å². The minimum Gasteiger partial charge on any atom is -0.383 e. The molecule has 1 aromatic heterocycles.